The summed E-state index contributed by atoms with van der Waals surface area (Å²) in [7, 11) is 0. The fourth-order valence-corrected chi connectivity index (χ4v) is 3.38. The van der Waals surface area contributed by atoms with Crippen LogP contribution in [0.3, 0.4) is 0 Å². The fraction of sp³-hybridized carbons (Fsp3) is 0.273. The molecule has 0 aliphatic heterocycles. The fourth-order valence-electron chi connectivity index (χ4n) is 2.87. The number of hydrogen-bond acceptors (Lipinski definition) is 2. The van der Waals surface area contributed by atoms with Gasteiger partial charge in [0.1, 0.15) is 12.4 Å². The van der Waals surface area contributed by atoms with Crippen LogP contribution in [0.5, 0.6) is 5.75 Å². The predicted molar refractivity (Wildman–Crippen MR) is 111 cm³/mol. The van der Waals surface area contributed by atoms with Crippen molar-refractivity contribution in [3.63, 3.8) is 0 Å². The second-order valence-corrected chi connectivity index (χ2v) is 7.26. The van der Waals surface area contributed by atoms with Crippen molar-refractivity contribution in [2.24, 2.45) is 0 Å². The van der Waals surface area contributed by atoms with Crippen LogP contribution < -0.4 is 10.1 Å². The molecule has 0 radical (unpaired) electrons. The SMILES string of the molecule is CCC(C)NCc1c(OCc2c(Cl)cccc2Cl)ccc2ccccc12. The third kappa shape index (κ3) is 4.32. The maximum Gasteiger partial charge on any atom is 0.124 e. The van der Waals surface area contributed by atoms with Gasteiger partial charge in [0.15, 0.2) is 0 Å². The van der Waals surface area contributed by atoms with Crippen LogP contribution in [-0.4, -0.2) is 6.04 Å². The van der Waals surface area contributed by atoms with Crippen molar-refractivity contribution < 1.29 is 4.74 Å². The Bertz CT molecular complexity index is 874. The van der Waals surface area contributed by atoms with Gasteiger partial charge in [-0.1, -0.05) is 66.5 Å². The van der Waals surface area contributed by atoms with Crippen LogP contribution in [-0.2, 0) is 13.2 Å². The summed E-state index contributed by atoms with van der Waals surface area (Å²) in [5.41, 5.74) is 1.97. The van der Waals surface area contributed by atoms with Crippen LogP contribution >= 0.6 is 23.2 Å². The number of fused-ring (bicyclic) bond motifs is 1. The lowest BCUT2D eigenvalue weighted by atomic mass is 10.0. The predicted octanol–water partition coefficient (Wildman–Crippen LogP) is 6.61. The summed E-state index contributed by atoms with van der Waals surface area (Å²) < 4.78 is 6.15. The molecule has 4 heteroatoms. The molecule has 0 fully saturated rings. The summed E-state index contributed by atoms with van der Waals surface area (Å²) in [4.78, 5) is 0. The quantitative estimate of drug-likeness (QED) is 0.491. The minimum absolute atomic E-state index is 0.340. The Morgan fingerprint density at radius 3 is 2.38 bits per heavy atom. The van der Waals surface area contributed by atoms with Gasteiger partial charge in [0.2, 0.25) is 0 Å². The molecule has 0 aromatic heterocycles. The van der Waals surface area contributed by atoms with Gasteiger partial charge in [-0.05, 0) is 42.3 Å². The lowest BCUT2D eigenvalue weighted by molar-refractivity contribution is 0.302. The zero-order chi connectivity index (χ0) is 18.5. The highest BCUT2D eigenvalue weighted by atomic mass is 35.5. The molecule has 3 aromatic carbocycles. The molecule has 1 unspecified atom stereocenters. The molecule has 1 N–H and O–H groups in total. The molecular weight excluding hydrogens is 365 g/mol. The molecule has 0 spiro atoms. The third-order valence-corrected chi connectivity index (χ3v) is 5.38. The molecule has 3 aromatic rings. The highest BCUT2D eigenvalue weighted by molar-refractivity contribution is 6.35. The molecule has 136 valence electrons. The van der Waals surface area contributed by atoms with E-state index in [0.29, 0.717) is 22.7 Å². The van der Waals surface area contributed by atoms with Gasteiger partial charge in [-0.3, -0.25) is 0 Å². The second-order valence-electron chi connectivity index (χ2n) is 6.44. The smallest absolute Gasteiger partial charge is 0.124 e. The van der Waals surface area contributed by atoms with Crippen LogP contribution in [0.1, 0.15) is 31.4 Å². The molecule has 0 saturated heterocycles. The van der Waals surface area contributed by atoms with Gasteiger partial charge in [0.05, 0.1) is 0 Å². The Hall–Kier alpha value is -1.74. The Balaban J connectivity index is 1.91. The number of hydrogen-bond donors (Lipinski definition) is 1. The van der Waals surface area contributed by atoms with Crippen molar-refractivity contribution in [3.8, 4) is 5.75 Å². The number of nitrogens with one attached hydrogen (secondary N) is 1. The lowest BCUT2D eigenvalue weighted by Crippen LogP contribution is -2.24. The highest BCUT2D eigenvalue weighted by Gasteiger charge is 2.12. The summed E-state index contributed by atoms with van der Waals surface area (Å²) in [6.07, 6.45) is 1.08. The van der Waals surface area contributed by atoms with Crippen molar-refractivity contribution >= 4 is 34.0 Å². The zero-order valence-corrected chi connectivity index (χ0v) is 16.6. The van der Waals surface area contributed by atoms with Gasteiger partial charge in [0.25, 0.3) is 0 Å². The molecule has 2 nitrogen and oxygen atoms in total. The summed E-state index contributed by atoms with van der Waals surface area (Å²) in [5.74, 6) is 0.857. The molecule has 0 heterocycles. The van der Waals surface area contributed by atoms with Gasteiger partial charge >= 0.3 is 0 Å². The van der Waals surface area contributed by atoms with Crippen LogP contribution in [0.2, 0.25) is 10.0 Å². The maximum absolute atomic E-state index is 6.28. The lowest BCUT2D eigenvalue weighted by Gasteiger charge is -2.18. The van der Waals surface area contributed by atoms with Crippen molar-refractivity contribution in [1.29, 1.82) is 0 Å². The molecule has 0 bridgehead atoms. The van der Waals surface area contributed by atoms with Crippen molar-refractivity contribution in [2.75, 3.05) is 0 Å². The number of ether oxygens (including phenoxy) is 1. The molecule has 0 aliphatic rings. The number of rotatable bonds is 7. The average molecular weight is 388 g/mol. The standard InChI is InChI=1S/C22H23Cl2NO/c1-3-15(2)25-13-18-17-8-5-4-7-16(17)11-12-22(18)26-14-19-20(23)9-6-10-21(19)24/h4-12,15,25H,3,13-14H2,1-2H3. The highest BCUT2D eigenvalue weighted by Crippen LogP contribution is 2.31. The van der Waals surface area contributed by atoms with E-state index in [9.17, 15) is 0 Å². The van der Waals surface area contributed by atoms with Gasteiger partial charge in [-0.15, -0.1) is 0 Å². The summed E-state index contributed by atoms with van der Waals surface area (Å²) in [5, 5.41) is 7.22. The zero-order valence-electron chi connectivity index (χ0n) is 15.1. The number of benzene rings is 3. The first kappa shape index (κ1) is 19.0. The van der Waals surface area contributed by atoms with E-state index in [1.165, 1.54) is 10.8 Å². The van der Waals surface area contributed by atoms with Gasteiger partial charge in [0, 0.05) is 33.8 Å². The van der Waals surface area contributed by atoms with E-state index in [1.807, 2.05) is 24.3 Å². The topological polar surface area (TPSA) is 21.3 Å². The first-order chi connectivity index (χ1) is 12.6. The largest absolute Gasteiger partial charge is 0.488 e. The van der Waals surface area contributed by atoms with E-state index in [-0.39, 0.29) is 0 Å². The van der Waals surface area contributed by atoms with Crippen LogP contribution in [0.15, 0.2) is 54.6 Å². The first-order valence-corrected chi connectivity index (χ1v) is 9.65. The molecular formula is C22H23Cl2NO. The molecule has 0 aliphatic carbocycles. The van der Waals surface area contributed by atoms with Crippen molar-refractivity contribution in [2.45, 2.75) is 39.5 Å². The van der Waals surface area contributed by atoms with E-state index in [1.54, 1.807) is 0 Å². The van der Waals surface area contributed by atoms with Gasteiger partial charge in [-0.2, -0.15) is 0 Å². The maximum atomic E-state index is 6.28. The van der Waals surface area contributed by atoms with Gasteiger partial charge in [-0.25, -0.2) is 0 Å². The van der Waals surface area contributed by atoms with Crippen LogP contribution in [0.25, 0.3) is 10.8 Å². The summed E-state index contributed by atoms with van der Waals surface area (Å²) >= 11 is 12.6. The first-order valence-electron chi connectivity index (χ1n) is 8.89. The molecule has 3 rings (SSSR count). The van der Waals surface area contributed by atoms with Crippen molar-refractivity contribution in [1.82, 2.24) is 5.32 Å². The van der Waals surface area contributed by atoms with E-state index >= 15 is 0 Å². The average Bonchev–Trinajstić information content (AvgIpc) is 2.66. The molecule has 26 heavy (non-hydrogen) atoms. The molecule has 0 saturated carbocycles. The minimum Gasteiger partial charge on any atom is -0.488 e. The van der Waals surface area contributed by atoms with Crippen molar-refractivity contribution in [3.05, 3.63) is 75.8 Å². The summed E-state index contributed by atoms with van der Waals surface area (Å²) in [6, 6.07) is 18.4. The summed E-state index contributed by atoms with van der Waals surface area (Å²) in [6.45, 7) is 5.46. The monoisotopic (exact) mass is 387 g/mol. The van der Waals surface area contributed by atoms with Crippen LogP contribution in [0, 0.1) is 0 Å². The van der Waals surface area contributed by atoms with E-state index in [4.69, 9.17) is 27.9 Å². The minimum atomic E-state index is 0.340. The Labute approximate surface area is 165 Å². The van der Waals surface area contributed by atoms with E-state index in [0.717, 1.165) is 29.8 Å². The molecule has 0 amide bonds. The Morgan fingerprint density at radius 1 is 0.923 bits per heavy atom. The van der Waals surface area contributed by atoms with E-state index in [2.05, 4.69) is 49.5 Å². The second kappa shape index (κ2) is 8.77. The van der Waals surface area contributed by atoms with E-state index < -0.39 is 0 Å². The number of halogens is 2. The van der Waals surface area contributed by atoms with Crippen LogP contribution in [0.4, 0.5) is 0 Å². The normalized spacial score (nSPS) is 12.3. The third-order valence-electron chi connectivity index (χ3n) is 4.67. The Kier molecular flexibility index (Phi) is 6.42. The Morgan fingerprint density at radius 2 is 1.65 bits per heavy atom. The van der Waals surface area contributed by atoms with Gasteiger partial charge < -0.3 is 10.1 Å². The molecule has 1 atom stereocenters.